The number of ether oxygens (including phenoxy) is 1. The number of aryl methyl sites for hydroxylation is 2. The number of benzene rings is 1. The Bertz CT molecular complexity index is 3210. The highest BCUT2D eigenvalue weighted by Gasteiger charge is 2.43. The van der Waals surface area contributed by atoms with Crippen LogP contribution in [0.15, 0.2) is 105 Å². The molecule has 19 heteroatoms. The highest BCUT2D eigenvalue weighted by Crippen LogP contribution is 2.48. The molecule has 4 N–H and O–H groups in total. The van der Waals surface area contributed by atoms with Crippen molar-refractivity contribution >= 4 is 88.0 Å². The third-order valence-electron chi connectivity index (χ3n) is 11.2. The molecule has 1 aliphatic carbocycles. The van der Waals surface area contributed by atoms with Crippen molar-refractivity contribution in [1.82, 2.24) is 44.3 Å². The molecule has 8 aromatic heterocycles. The van der Waals surface area contributed by atoms with Gasteiger partial charge in [0.1, 0.15) is 37.6 Å². The van der Waals surface area contributed by atoms with Gasteiger partial charge in [-0.05, 0) is 48.2 Å². The second kappa shape index (κ2) is 16.5. The lowest BCUT2D eigenvalue weighted by Crippen LogP contribution is -2.41. The smallest absolute Gasteiger partial charge is 0.262 e. The number of rotatable bonds is 12. The zero-order chi connectivity index (χ0) is 42.6. The fourth-order valence-electron chi connectivity index (χ4n) is 7.78. The predicted octanol–water partition coefficient (Wildman–Crippen LogP) is 6.61. The SMILES string of the molecule is Cn1nccc1-c1cc(-c2cnc3nccnc3c2)nc2sc([S+]([O-])C3CCC3COCC[S+]([O-])c3sc4nc(-c5cncn(C)c5=O)cc(-c5ccccc5)c4c3N)c(N)c12. The zero-order valence-electron chi connectivity index (χ0n) is 33.3. The largest absolute Gasteiger partial charge is 0.611 e. The van der Waals surface area contributed by atoms with Gasteiger partial charge in [-0.2, -0.15) is 5.10 Å². The second-order valence-corrected chi connectivity index (χ2v) is 20.6. The molecule has 1 saturated carbocycles. The van der Waals surface area contributed by atoms with Crippen molar-refractivity contribution in [1.29, 1.82) is 0 Å². The first-order valence-corrected chi connectivity index (χ1v) is 23.8. The number of anilines is 2. The van der Waals surface area contributed by atoms with E-state index in [1.165, 1.54) is 39.8 Å². The van der Waals surface area contributed by atoms with E-state index >= 15 is 0 Å². The van der Waals surface area contributed by atoms with Gasteiger partial charge in [0.15, 0.2) is 5.65 Å². The maximum absolute atomic E-state index is 14.3. The molecule has 15 nitrogen and oxygen atoms in total. The van der Waals surface area contributed by atoms with E-state index in [9.17, 15) is 13.9 Å². The Labute approximate surface area is 368 Å². The number of pyridine rings is 3. The van der Waals surface area contributed by atoms with E-state index in [1.807, 2.05) is 61.6 Å². The Morgan fingerprint density at radius 2 is 1.56 bits per heavy atom. The molecule has 312 valence electrons. The first-order chi connectivity index (χ1) is 30.1. The first kappa shape index (κ1) is 40.3. The molecule has 0 bridgehead atoms. The minimum absolute atomic E-state index is 0.0318. The van der Waals surface area contributed by atoms with Crippen LogP contribution in [0, 0.1) is 5.92 Å². The van der Waals surface area contributed by atoms with Crippen LogP contribution < -0.4 is 17.0 Å². The fourth-order valence-corrected chi connectivity index (χ4v) is 13.6. The maximum atomic E-state index is 14.3. The summed E-state index contributed by atoms with van der Waals surface area (Å²) in [5.41, 5.74) is 21.0. The van der Waals surface area contributed by atoms with Crippen molar-refractivity contribution in [2.75, 3.05) is 30.4 Å². The number of hydrogen-bond donors (Lipinski definition) is 2. The van der Waals surface area contributed by atoms with Gasteiger partial charge < -0.3 is 29.9 Å². The van der Waals surface area contributed by atoms with Gasteiger partial charge in [-0.25, -0.2) is 24.9 Å². The average molecular weight is 900 g/mol. The van der Waals surface area contributed by atoms with Crippen molar-refractivity contribution in [2.24, 2.45) is 20.0 Å². The molecule has 4 unspecified atom stereocenters. The van der Waals surface area contributed by atoms with Crippen LogP contribution in [0.25, 0.3) is 76.5 Å². The van der Waals surface area contributed by atoms with Crippen molar-refractivity contribution < 1.29 is 13.8 Å². The second-order valence-electron chi connectivity index (χ2n) is 14.9. The lowest BCUT2D eigenvalue weighted by Gasteiger charge is -2.36. The predicted molar refractivity (Wildman–Crippen MR) is 246 cm³/mol. The minimum Gasteiger partial charge on any atom is -0.611 e. The number of nitrogens with zero attached hydrogens (tertiary/aromatic N) is 9. The van der Waals surface area contributed by atoms with Crippen molar-refractivity contribution in [3.05, 3.63) is 102 Å². The quantitative estimate of drug-likeness (QED) is 0.0973. The molecular weight excluding hydrogens is 863 g/mol. The lowest BCUT2D eigenvalue weighted by atomic mass is 9.85. The molecule has 1 fully saturated rings. The summed E-state index contributed by atoms with van der Waals surface area (Å²) >= 11 is -0.324. The number of fused-ring (bicyclic) bond motifs is 3. The Morgan fingerprint density at radius 1 is 0.823 bits per heavy atom. The number of nitrogens with two attached hydrogens (primary N) is 2. The van der Waals surface area contributed by atoms with Crippen LogP contribution in [0.1, 0.15) is 12.8 Å². The molecule has 9 aromatic rings. The van der Waals surface area contributed by atoms with Crippen molar-refractivity contribution in [3.63, 3.8) is 0 Å². The van der Waals surface area contributed by atoms with Gasteiger partial charge in [-0.15, -0.1) is 0 Å². The van der Waals surface area contributed by atoms with Gasteiger partial charge in [0.05, 0.1) is 42.2 Å². The van der Waals surface area contributed by atoms with Gasteiger partial charge in [0.2, 0.25) is 8.42 Å². The van der Waals surface area contributed by atoms with Crippen LogP contribution in [-0.2, 0) is 41.2 Å². The molecule has 0 amide bonds. The molecule has 4 atom stereocenters. The minimum atomic E-state index is -1.50. The molecule has 0 aliphatic heterocycles. The standard InChI is InChI=1S/C43H37N11O4S4/c1-53-22-46-20-28(41(53)55)30-17-26(23-6-4-3-5-7-23)34-36(44)42(59-39(34)52-30)61(56)15-14-58-21-24-8-9-33(24)62(57)43-37(45)35-27(32-10-11-50-54(32)2)18-29(51-40(35)60-43)25-16-31-38(49-19-25)48-13-12-47-31/h3-7,10-13,16-20,22,24,33H,8-9,14-15,21,44-45H2,1-2H3. The molecule has 8 heterocycles. The van der Waals surface area contributed by atoms with E-state index in [-0.39, 0.29) is 29.1 Å². The highest BCUT2D eigenvalue weighted by molar-refractivity contribution is 7.94. The molecule has 0 radical (unpaired) electrons. The van der Waals surface area contributed by atoms with Gasteiger partial charge in [-0.3, -0.25) is 14.5 Å². The van der Waals surface area contributed by atoms with Crippen LogP contribution >= 0.6 is 22.7 Å². The van der Waals surface area contributed by atoms with Crippen LogP contribution in [0.5, 0.6) is 0 Å². The normalized spacial score (nSPS) is 16.3. The number of aromatic nitrogens is 9. The van der Waals surface area contributed by atoms with E-state index in [2.05, 4.69) is 25.0 Å². The molecule has 10 rings (SSSR count). The third kappa shape index (κ3) is 7.18. The summed E-state index contributed by atoms with van der Waals surface area (Å²) < 4.78 is 38.6. The molecule has 0 spiro atoms. The topological polar surface area (TPSA) is 225 Å². The van der Waals surface area contributed by atoms with Gasteiger partial charge in [0.25, 0.3) is 5.56 Å². The summed E-state index contributed by atoms with van der Waals surface area (Å²) in [6.07, 6.45) is 11.3. The summed E-state index contributed by atoms with van der Waals surface area (Å²) in [6, 6.07) is 17.3. The molecule has 62 heavy (non-hydrogen) atoms. The zero-order valence-corrected chi connectivity index (χ0v) is 36.6. The fraction of sp³-hybridized carbons (Fsp3) is 0.209. The Hall–Kier alpha value is -5.80. The molecular formula is C43H37N11O4S4. The third-order valence-corrected chi connectivity index (χ3v) is 17.4. The number of thiophene rings is 2. The maximum Gasteiger partial charge on any atom is 0.262 e. The monoisotopic (exact) mass is 899 g/mol. The van der Waals surface area contributed by atoms with E-state index in [4.69, 9.17) is 26.2 Å². The Balaban J connectivity index is 0.863. The lowest BCUT2D eigenvalue weighted by molar-refractivity contribution is 0.0820. The summed E-state index contributed by atoms with van der Waals surface area (Å²) in [5, 5.41) is 5.66. The van der Waals surface area contributed by atoms with E-state index in [0.29, 0.717) is 69.6 Å². The summed E-state index contributed by atoms with van der Waals surface area (Å²) in [7, 11) is 3.51. The van der Waals surface area contributed by atoms with Crippen molar-refractivity contribution in [3.8, 4) is 44.9 Å². The van der Waals surface area contributed by atoms with Crippen LogP contribution in [-0.4, -0.2) is 77.6 Å². The van der Waals surface area contributed by atoms with Gasteiger partial charge in [-0.1, -0.05) is 53.0 Å². The van der Waals surface area contributed by atoms with Crippen LogP contribution in [0.2, 0.25) is 0 Å². The molecule has 0 saturated heterocycles. The number of hydrogen-bond acceptors (Lipinski definition) is 15. The van der Waals surface area contributed by atoms with Crippen molar-refractivity contribution in [2.45, 2.75) is 26.5 Å². The molecule has 1 aromatic carbocycles. The van der Waals surface area contributed by atoms with Crippen LogP contribution in [0.3, 0.4) is 0 Å². The summed E-state index contributed by atoms with van der Waals surface area (Å²) in [5.74, 6) is 0.242. The van der Waals surface area contributed by atoms with E-state index in [1.54, 1.807) is 36.5 Å². The Kier molecular flexibility index (Phi) is 10.7. The number of nitrogen functional groups attached to an aromatic ring is 2. The van der Waals surface area contributed by atoms with E-state index in [0.717, 1.165) is 46.2 Å². The Morgan fingerprint density at radius 3 is 2.34 bits per heavy atom. The van der Waals surface area contributed by atoms with Crippen LogP contribution in [0.4, 0.5) is 11.4 Å². The summed E-state index contributed by atoms with van der Waals surface area (Å²) in [6.45, 7) is 0.580. The van der Waals surface area contributed by atoms with Gasteiger partial charge in [0, 0.05) is 95.2 Å². The average Bonchev–Trinajstić information content (AvgIpc) is 3.97. The van der Waals surface area contributed by atoms with Gasteiger partial charge >= 0.3 is 0 Å². The highest BCUT2D eigenvalue weighted by atomic mass is 32.2. The van der Waals surface area contributed by atoms with E-state index < -0.39 is 22.4 Å². The molecule has 1 aliphatic rings. The first-order valence-electron chi connectivity index (χ1n) is 19.6. The summed E-state index contributed by atoms with van der Waals surface area (Å²) in [4.78, 5) is 41.5.